The molecule has 1 atom stereocenters. The van der Waals surface area contributed by atoms with Crippen molar-refractivity contribution >= 4 is 5.91 Å². The molecule has 0 saturated carbocycles. The maximum atomic E-state index is 11.6. The summed E-state index contributed by atoms with van der Waals surface area (Å²) >= 11 is 0. The number of hydrogen-bond donors (Lipinski definition) is 3. The van der Waals surface area contributed by atoms with Gasteiger partial charge in [-0.3, -0.25) is 4.79 Å². The van der Waals surface area contributed by atoms with E-state index < -0.39 is 0 Å². The maximum absolute atomic E-state index is 11.6. The van der Waals surface area contributed by atoms with E-state index in [0.29, 0.717) is 13.0 Å². The smallest absolute Gasteiger partial charge is 0.221 e. The number of carbonyl (C=O) groups is 1. The standard InChI is InChI=1S/C13H28N2O2/c1-4-6-11(14)9-12(17)15-10-13(2,3)7-5-8-16/h11,16H,4-10,14H2,1-3H3,(H,15,17). The first-order chi connectivity index (χ1) is 7.91. The van der Waals surface area contributed by atoms with Crippen molar-refractivity contribution in [3.8, 4) is 0 Å². The first-order valence-corrected chi connectivity index (χ1v) is 6.54. The summed E-state index contributed by atoms with van der Waals surface area (Å²) in [6.07, 6.45) is 3.99. The quantitative estimate of drug-likeness (QED) is 0.574. The lowest BCUT2D eigenvalue weighted by Crippen LogP contribution is -2.37. The van der Waals surface area contributed by atoms with Gasteiger partial charge in [-0.2, -0.15) is 0 Å². The van der Waals surface area contributed by atoms with Crippen LogP contribution in [0, 0.1) is 5.41 Å². The molecule has 0 saturated heterocycles. The molecule has 0 aliphatic carbocycles. The summed E-state index contributed by atoms with van der Waals surface area (Å²) in [5.41, 5.74) is 5.85. The Hall–Kier alpha value is -0.610. The molecule has 4 N–H and O–H groups in total. The van der Waals surface area contributed by atoms with Crippen LogP contribution in [-0.2, 0) is 4.79 Å². The van der Waals surface area contributed by atoms with Gasteiger partial charge in [0.2, 0.25) is 5.91 Å². The van der Waals surface area contributed by atoms with Crippen molar-refractivity contribution in [1.82, 2.24) is 5.32 Å². The maximum Gasteiger partial charge on any atom is 0.221 e. The molecule has 0 aromatic carbocycles. The van der Waals surface area contributed by atoms with Crippen molar-refractivity contribution < 1.29 is 9.90 Å². The van der Waals surface area contributed by atoms with Crippen LogP contribution in [0.5, 0.6) is 0 Å². The molecule has 0 aromatic rings. The van der Waals surface area contributed by atoms with Crippen LogP contribution in [0.3, 0.4) is 0 Å². The highest BCUT2D eigenvalue weighted by Crippen LogP contribution is 2.20. The van der Waals surface area contributed by atoms with Gasteiger partial charge in [0.15, 0.2) is 0 Å². The molecule has 0 fully saturated rings. The van der Waals surface area contributed by atoms with E-state index in [1.807, 2.05) is 0 Å². The van der Waals surface area contributed by atoms with Crippen molar-refractivity contribution in [2.45, 2.75) is 58.9 Å². The fourth-order valence-corrected chi connectivity index (χ4v) is 1.77. The number of nitrogens with one attached hydrogen (secondary N) is 1. The first-order valence-electron chi connectivity index (χ1n) is 6.54. The Labute approximate surface area is 105 Å². The molecule has 0 spiro atoms. The Morgan fingerprint density at radius 2 is 2.12 bits per heavy atom. The number of carbonyl (C=O) groups excluding carboxylic acids is 1. The Kier molecular flexibility index (Phi) is 8.17. The summed E-state index contributed by atoms with van der Waals surface area (Å²) in [5, 5.41) is 11.7. The average molecular weight is 244 g/mol. The van der Waals surface area contributed by atoms with Gasteiger partial charge >= 0.3 is 0 Å². The minimum atomic E-state index is -0.0273. The molecule has 0 radical (unpaired) electrons. The summed E-state index contributed by atoms with van der Waals surface area (Å²) in [4.78, 5) is 11.6. The van der Waals surface area contributed by atoms with Gasteiger partial charge in [0.05, 0.1) is 0 Å². The van der Waals surface area contributed by atoms with Crippen molar-refractivity contribution in [1.29, 1.82) is 0 Å². The molecule has 0 aliphatic heterocycles. The van der Waals surface area contributed by atoms with Crippen molar-refractivity contribution in [2.24, 2.45) is 11.1 Å². The first kappa shape index (κ1) is 16.4. The number of nitrogens with two attached hydrogens (primary N) is 1. The van der Waals surface area contributed by atoms with Gasteiger partial charge in [-0.15, -0.1) is 0 Å². The minimum Gasteiger partial charge on any atom is -0.396 e. The molecule has 102 valence electrons. The van der Waals surface area contributed by atoms with Crippen LogP contribution in [0.15, 0.2) is 0 Å². The summed E-state index contributed by atoms with van der Waals surface area (Å²) in [5.74, 6) is 0.0306. The topological polar surface area (TPSA) is 75.4 Å². The van der Waals surface area contributed by atoms with Gasteiger partial charge in [0, 0.05) is 25.6 Å². The lowest BCUT2D eigenvalue weighted by Gasteiger charge is -2.25. The fraction of sp³-hybridized carbons (Fsp3) is 0.923. The van der Waals surface area contributed by atoms with Crippen molar-refractivity contribution in [3.63, 3.8) is 0 Å². The summed E-state index contributed by atoms with van der Waals surface area (Å²) < 4.78 is 0. The molecule has 0 bridgehead atoms. The Balaban J connectivity index is 3.82. The van der Waals surface area contributed by atoms with Gasteiger partial charge in [-0.05, 0) is 24.7 Å². The molecule has 0 aromatic heterocycles. The van der Waals surface area contributed by atoms with Crippen LogP contribution >= 0.6 is 0 Å². The third kappa shape index (κ3) is 9.12. The lowest BCUT2D eigenvalue weighted by atomic mass is 9.88. The van der Waals surface area contributed by atoms with E-state index in [1.54, 1.807) is 0 Å². The molecule has 1 unspecified atom stereocenters. The second-order valence-electron chi connectivity index (χ2n) is 5.52. The van der Waals surface area contributed by atoms with Crippen LogP contribution in [0.4, 0.5) is 0 Å². The molecule has 4 nitrogen and oxygen atoms in total. The number of rotatable bonds is 9. The zero-order valence-corrected chi connectivity index (χ0v) is 11.5. The van der Waals surface area contributed by atoms with Crippen LogP contribution < -0.4 is 11.1 Å². The zero-order chi connectivity index (χ0) is 13.3. The molecular formula is C13H28N2O2. The molecule has 0 rings (SSSR count). The Morgan fingerprint density at radius 1 is 1.47 bits per heavy atom. The summed E-state index contributed by atoms with van der Waals surface area (Å²) in [6.45, 7) is 7.10. The average Bonchev–Trinajstić information content (AvgIpc) is 2.24. The van der Waals surface area contributed by atoms with Gasteiger partial charge in [-0.1, -0.05) is 27.2 Å². The van der Waals surface area contributed by atoms with E-state index in [-0.39, 0.29) is 24.0 Å². The molecule has 17 heavy (non-hydrogen) atoms. The van der Waals surface area contributed by atoms with Gasteiger partial charge < -0.3 is 16.2 Å². The van der Waals surface area contributed by atoms with E-state index in [2.05, 4.69) is 26.1 Å². The summed E-state index contributed by atoms with van der Waals surface area (Å²) in [7, 11) is 0. The second-order valence-corrected chi connectivity index (χ2v) is 5.52. The third-order valence-electron chi connectivity index (χ3n) is 2.88. The summed E-state index contributed by atoms with van der Waals surface area (Å²) in [6, 6.07) is -0.0273. The van der Waals surface area contributed by atoms with Crippen LogP contribution in [0.2, 0.25) is 0 Å². The predicted octanol–water partition coefficient (Wildman–Crippen LogP) is 1.42. The molecular weight excluding hydrogens is 216 g/mol. The normalized spacial score (nSPS) is 13.5. The van der Waals surface area contributed by atoms with E-state index in [0.717, 1.165) is 25.7 Å². The SMILES string of the molecule is CCCC(N)CC(=O)NCC(C)(C)CCCO. The Bertz CT molecular complexity index is 217. The molecule has 1 amide bonds. The highest BCUT2D eigenvalue weighted by Gasteiger charge is 2.18. The van der Waals surface area contributed by atoms with E-state index in [4.69, 9.17) is 10.8 Å². The largest absolute Gasteiger partial charge is 0.396 e. The van der Waals surface area contributed by atoms with Crippen molar-refractivity contribution in [3.05, 3.63) is 0 Å². The van der Waals surface area contributed by atoms with Crippen LogP contribution in [0.1, 0.15) is 52.9 Å². The van der Waals surface area contributed by atoms with E-state index in [1.165, 1.54) is 0 Å². The van der Waals surface area contributed by atoms with E-state index in [9.17, 15) is 4.79 Å². The van der Waals surface area contributed by atoms with E-state index >= 15 is 0 Å². The van der Waals surface area contributed by atoms with Crippen molar-refractivity contribution in [2.75, 3.05) is 13.2 Å². The number of hydrogen-bond acceptors (Lipinski definition) is 3. The predicted molar refractivity (Wildman–Crippen MR) is 70.6 cm³/mol. The van der Waals surface area contributed by atoms with Crippen LogP contribution in [0.25, 0.3) is 0 Å². The van der Waals surface area contributed by atoms with Crippen LogP contribution in [-0.4, -0.2) is 30.2 Å². The highest BCUT2D eigenvalue weighted by molar-refractivity contribution is 5.76. The van der Waals surface area contributed by atoms with Gasteiger partial charge in [0.1, 0.15) is 0 Å². The molecule has 4 heteroatoms. The minimum absolute atomic E-state index is 0.0273. The Morgan fingerprint density at radius 3 is 2.65 bits per heavy atom. The van der Waals surface area contributed by atoms with Gasteiger partial charge in [0.25, 0.3) is 0 Å². The fourth-order valence-electron chi connectivity index (χ4n) is 1.77. The monoisotopic (exact) mass is 244 g/mol. The second kappa shape index (κ2) is 8.48. The highest BCUT2D eigenvalue weighted by atomic mass is 16.2. The lowest BCUT2D eigenvalue weighted by molar-refractivity contribution is -0.121. The molecule has 0 heterocycles. The third-order valence-corrected chi connectivity index (χ3v) is 2.88. The number of aliphatic hydroxyl groups is 1. The van der Waals surface area contributed by atoms with Gasteiger partial charge in [-0.25, -0.2) is 0 Å². The number of amides is 1. The number of aliphatic hydroxyl groups excluding tert-OH is 1. The zero-order valence-electron chi connectivity index (χ0n) is 11.5. The molecule has 0 aliphatic rings.